The largest absolute Gasteiger partial charge is 0.510 e. The highest BCUT2D eigenvalue weighted by atomic mass is 19.3. The van der Waals surface area contributed by atoms with Crippen molar-refractivity contribution < 1.29 is 27.8 Å². The third kappa shape index (κ3) is 1.80. The first-order valence-corrected chi connectivity index (χ1v) is 2.45. The predicted octanol–water partition coefficient (Wildman–Crippen LogP) is 0.718. The Morgan fingerprint density at radius 1 is 1.70 bits per heavy atom. The van der Waals surface area contributed by atoms with E-state index in [9.17, 15) is 13.6 Å². The summed E-state index contributed by atoms with van der Waals surface area (Å²) in [6.45, 7) is -3.22. The Bertz CT molecular complexity index is 137. The fourth-order valence-corrected chi connectivity index (χ4v) is 0.493. The van der Waals surface area contributed by atoms with Gasteiger partial charge in [-0.05, 0) is 0 Å². The monoisotopic (exact) mass is 154 g/mol. The maximum Gasteiger partial charge on any atom is 0.510 e. The van der Waals surface area contributed by atoms with Crippen LogP contribution >= 0.6 is 0 Å². The maximum absolute atomic E-state index is 11.3. The van der Waals surface area contributed by atoms with Gasteiger partial charge in [0, 0.05) is 0 Å². The fourth-order valence-electron chi connectivity index (χ4n) is 0.493. The van der Waals surface area contributed by atoms with Gasteiger partial charge >= 0.3 is 12.8 Å². The Hall–Kier alpha value is -0.910. The minimum atomic E-state index is -2.94. The van der Waals surface area contributed by atoms with Crippen molar-refractivity contribution in [2.45, 2.75) is 12.9 Å². The van der Waals surface area contributed by atoms with Crippen LogP contribution in [0.25, 0.3) is 0 Å². The summed E-state index contributed by atoms with van der Waals surface area (Å²) in [6, 6.07) is 0. The van der Waals surface area contributed by atoms with Gasteiger partial charge < -0.3 is 9.47 Å². The maximum atomic E-state index is 11.3. The van der Waals surface area contributed by atoms with Crippen LogP contribution in [-0.2, 0) is 14.2 Å². The zero-order chi connectivity index (χ0) is 7.56. The Morgan fingerprint density at radius 2 is 2.40 bits per heavy atom. The van der Waals surface area contributed by atoms with Crippen molar-refractivity contribution in [2.75, 3.05) is 6.61 Å². The van der Waals surface area contributed by atoms with Gasteiger partial charge in [-0.3, -0.25) is 4.74 Å². The molecule has 1 rings (SSSR count). The molecule has 0 amide bonds. The first kappa shape index (κ1) is 7.20. The minimum Gasteiger partial charge on any atom is -0.428 e. The lowest BCUT2D eigenvalue weighted by molar-refractivity contribution is -0.214. The molecule has 6 heteroatoms. The van der Waals surface area contributed by atoms with E-state index in [0.717, 1.165) is 0 Å². The Morgan fingerprint density at radius 3 is 2.80 bits per heavy atom. The summed E-state index contributed by atoms with van der Waals surface area (Å²) in [7, 11) is 0. The van der Waals surface area contributed by atoms with Gasteiger partial charge in [-0.1, -0.05) is 0 Å². The highest BCUT2D eigenvalue weighted by Gasteiger charge is 2.28. The number of ether oxygens (including phenoxy) is 3. The van der Waals surface area contributed by atoms with Crippen molar-refractivity contribution in [3.63, 3.8) is 0 Å². The molecule has 1 atom stereocenters. The molecule has 4 nitrogen and oxygen atoms in total. The van der Waals surface area contributed by atoms with Gasteiger partial charge in [-0.2, -0.15) is 8.78 Å². The molecule has 0 N–H and O–H groups in total. The molecule has 1 aliphatic heterocycles. The number of carbonyl (C=O) groups excluding carboxylic acids is 1. The summed E-state index contributed by atoms with van der Waals surface area (Å²) >= 11 is 0. The molecule has 0 aromatic carbocycles. The second-order valence-corrected chi connectivity index (χ2v) is 1.51. The van der Waals surface area contributed by atoms with Crippen molar-refractivity contribution in [1.82, 2.24) is 0 Å². The van der Waals surface area contributed by atoms with Crippen LogP contribution in [0.1, 0.15) is 0 Å². The summed E-state index contributed by atoms with van der Waals surface area (Å²) in [6.07, 6.45) is -2.24. The zero-order valence-electron chi connectivity index (χ0n) is 4.75. The van der Waals surface area contributed by atoms with Crippen LogP contribution in [0.3, 0.4) is 0 Å². The van der Waals surface area contributed by atoms with Crippen LogP contribution in [0, 0.1) is 0 Å². The van der Waals surface area contributed by atoms with E-state index in [1.54, 1.807) is 0 Å². The quantitative estimate of drug-likeness (QED) is 0.549. The molecule has 1 saturated heterocycles. The van der Waals surface area contributed by atoms with E-state index < -0.39 is 19.1 Å². The van der Waals surface area contributed by atoms with Crippen LogP contribution in [-0.4, -0.2) is 25.7 Å². The highest BCUT2D eigenvalue weighted by Crippen LogP contribution is 2.10. The summed E-state index contributed by atoms with van der Waals surface area (Å²) in [4.78, 5) is 10.1. The second kappa shape index (κ2) is 2.78. The summed E-state index contributed by atoms with van der Waals surface area (Å²) in [5.41, 5.74) is 0. The van der Waals surface area contributed by atoms with E-state index in [-0.39, 0.29) is 6.61 Å². The minimum absolute atomic E-state index is 0.275. The molecule has 0 bridgehead atoms. The molecule has 1 fully saturated rings. The molecule has 0 radical (unpaired) electrons. The van der Waals surface area contributed by atoms with Gasteiger partial charge in [-0.15, -0.1) is 0 Å². The first-order chi connectivity index (χ1) is 4.68. The van der Waals surface area contributed by atoms with Gasteiger partial charge in [0.2, 0.25) is 6.29 Å². The number of hydrogen-bond acceptors (Lipinski definition) is 4. The van der Waals surface area contributed by atoms with Crippen LogP contribution in [0.2, 0.25) is 0 Å². The van der Waals surface area contributed by atoms with Crippen molar-refractivity contribution >= 4 is 6.16 Å². The van der Waals surface area contributed by atoms with E-state index in [1.807, 2.05) is 0 Å². The van der Waals surface area contributed by atoms with Crippen molar-refractivity contribution in [3.8, 4) is 0 Å². The molecule has 0 aromatic rings. The molecular formula is C4H4F2O4. The van der Waals surface area contributed by atoms with Crippen LogP contribution in [0.5, 0.6) is 0 Å². The van der Waals surface area contributed by atoms with Crippen molar-refractivity contribution in [3.05, 3.63) is 0 Å². The van der Waals surface area contributed by atoms with Crippen LogP contribution in [0.4, 0.5) is 13.6 Å². The van der Waals surface area contributed by atoms with E-state index >= 15 is 0 Å². The lowest BCUT2D eigenvalue weighted by atomic mass is 10.7. The molecule has 1 aliphatic rings. The summed E-state index contributed by atoms with van der Waals surface area (Å²) in [5.74, 6) is 0. The summed E-state index contributed by atoms with van der Waals surface area (Å²) < 4.78 is 34.7. The predicted molar refractivity (Wildman–Crippen MR) is 23.3 cm³/mol. The molecule has 0 spiro atoms. The SMILES string of the molecule is O=C1OCC(OC(F)F)O1. The molecule has 58 valence electrons. The molecule has 0 saturated carbocycles. The zero-order valence-corrected chi connectivity index (χ0v) is 4.75. The number of alkyl halides is 2. The Kier molecular flexibility index (Phi) is 2.00. The number of rotatable bonds is 2. The van der Waals surface area contributed by atoms with E-state index in [2.05, 4.69) is 14.2 Å². The molecular weight excluding hydrogens is 150 g/mol. The number of cyclic esters (lactones) is 2. The van der Waals surface area contributed by atoms with Gasteiger partial charge in [0.05, 0.1) is 0 Å². The number of hydrogen-bond donors (Lipinski definition) is 0. The van der Waals surface area contributed by atoms with Crippen molar-refractivity contribution in [2.24, 2.45) is 0 Å². The molecule has 1 unspecified atom stereocenters. The number of carbonyl (C=O) groups is 1. The topological polar surface area (TPSA) is 44.8 Å². The fraction of sp³-hybridized carbons (Fsp3) is 0.750. The van der Waals surface area contributed by atoms with Crippen LogP contribution in [0.15, 0.2) is 0 Å². The third-order valence-electron chi connectivity index (χ3n) is 0.820. The average Bonchev–Trinajstić information content (AvgIpc) is 2.13. The van der Waals surface area contributed by atoms with Gasteiger partial charge in [-0.25, -0.2) is 4.79 Å². The molecule has 0 aromatic heterocycles. The number of halogens is 2. The Balaban J connectivity index is 2.24. The standard InChI is InChI=1S/C4H4F2O4/c5-3(6)9-2-1-8-4(7)10-2/h2-3H,1H2. The van der Waals surface area contributed by atoms with Gasteiger partial charge in [0.1, 0.15) is 0 Å². The normalized spacial score (nSPS) is 24.7. The van der Waals surface area contributed by atoms with E-state index in [1.165, 1.54) is 0 Å². The van der Waals surface area contributed by atoms with E-state index in [4.69, 9.17) is 0 Å². The lowest BCUT2D eigenvalue weighted by Crippen LogP contribution is -2.17. The summed E-state index contributed by atoms with van der Waals surface area (Å²) in [5, 5.41) is 0. The lowest BCUT2D eigenvalue weighted by Gasteiger charge is -2.04. The second-order valence-electron chi connectivity index (χ2n) is 1.51. The first-order valence-electron chi connectivity index (χ1n) is 2.45. The molecule has 1 heterocycles. The average molecular weight is 154 g/mol. The van der Waals surface area contributed by atoms with Crippen molar-refractivity contribution in [1.29, 1.82) is 0 Å². The third-order valence-corrected chi connectivity index (χ3v) is 0.820. The Labute approximate surface area is 54.7 Å². The van der Waals surface area contributed by atoms with Gasteiger partial charge in [0.15, 0.2) is 6.61 Å². The smallest absolute Gasteiger partial charge is 0.428 e. The highest BCUT2D eigenvalue weighted by molar-refractivity contribution is 5.61. The molecule has 0 aliphatic carbocycles. The van der Waals surface area contributed by atoms with E-state index in [0.29, 0.717) is 0 Å². The molecule has 10 heavy (non-hydrogen) atoms. The van der Waals surface area contributed by atoms with Crippen LogP contribution < -0.4 is 0 Å². The van der Waals surface area contributed by atoms with Gasteiger partial charge in [0.25, 0.3) is 0 Å².